The number of amides is 2. The average Bonchev–Trinajstić information content (AvgIpc) is 2.85. The second-order valence-electron chi connectivity index (χ2n) is 7.40. The zero-order valence-corrected chi connectivity index (χ0v) is 18.1. The molecular formula is C27H22N4O2. The summed E-state index contributed by atoms with van der Waals surface area (Å²) in [6.45, 7) is 2.16. The van der Waals surface area contributed by atoms with E-state index in [0.717, 1.165) is 33.2 Å². The lowest BCUT2D eigenvalue weighted by molar-refractivity contribution is 0.252. The quantitative estimate of drug-likeness (QED) is 0.299. The third kappa shape index (κ3) is 5.17. The Hall–Kier alpha value is -4.63. The molecule has 0 unspecified atom stereocenters. The van der Waals surface area contributed by atoms with Crippen LogP contribution in [-0.4, -0.2) is 12.2 Å². The van der Waals surface area contributed by atoms with E-state index in [-0.39, 0.29) is 6.61 Å². The number of hydrazone groups is 1. The highest BCUT2D eigenvalue weighted by atomic mass is 16.5. The fourth-order valence-electron chi connectivity index (χ4n) is 3.46. The number of urea groups is 1. The topological polar surface area (TPSA) is 86.5 Å². The number of hydrogen-bond donors (Lipinski definition) is 2. The maximum atomic E-state index is 12.3. The van der Waals surface area contributed by atoms with Crippen LogP contribution in [-0.2, 0) is 6.61 Å². The summed E-state index contributed by atoms with van der Waals surface area (Å²) in [6, 6.07) is 28.3. The Bertz CT molecular complexity index is 1370. The third-order valence-electron chi connectivity index (χ3n) is 5.20. The van der Waals surface area contributed by atoms with E-state index in [1.165, 1.54) is 0 Å². The first-order chi connectivity index (χ1) is 16.2. The molecule has 0 saturated heterocycles. The van der Waals surface area contributed by atoms with Crippen molar-refractivity contribution in [1.29, 1.82) is 5.26 Å². The van der Waals surface area contributed by atoms with Gasteiger partial charge in [-0.3, -0.25) is 0 Å². The number of ether oxygens (including phenoxy) is 1. The first-order valence-corrected chi connectivity index (χ1v) is 10.4. The highest BCUT2D eigenvalue weighted by molar-refractivity contribution is 6.03. The number of carbonyl (C=O) groups excluding carboxylic acids is 1. The molecule has 0 atom stereocenters. The van der Waals surface area contributed by atoms with Gasteiger partial charge in [0.05, 0.1) is 17.8 Å². The number of hydrogen-bond acceptors (Lipinski definition) is 4. The van der Waals surface area contributed by atoms with Gasteiger partial charge in [0.2, 0.25) is 0 Å². The van der Waals surface area contributed by atoms with E-state index in [0.29, 0.717) is 11.3 Å². The minimum absolute atomic E-state index is 0.240. The fraction of sp³-hybridized carbons (Fsp3) is 0.0741. The molecule has 0 aliphatic heterocycles. The second-order valence-corrected chi connectivity index (χ2v) is 7.40. The Morgan fingerprint density at radius 2 is 1.76 bits per heavy atom. The monoisotopic (exact) mass is 434 g/mol. The van der Waals surface area contributed by atoms with Crippen LogP contribution in [0.5, 0.6) is 5.75 Å². The van der Waals surface area contributed by atoms with Crippen LogP contribution in [0.3, 0.4) is 0 Å². The molecule has 0 spiro atoms. The standard InChI is InChI=1S/C27H22N4O2/c1-19-8-2-7-13-25(19)30-27(32)31-29-17-24-23-12-6-5-9-20(23)14-15-26(24)33-18-22-11-4-3-10-21(22)16-28/h2-15,17H,18H2,1H3,(H2,30,31,32). The highest BCUT2D eigenvalue weighted by Gasteiger charge is 2.10. The molecule has 0 aliphatic rings. The van der Waals surface area contributed by atoms with Gasteiger partial charge in [0.25, 0.3) is 0 Å². The van der Waals surface area contributed by atoms with Gasteiger partial charge in [-0.1, -0.05) is 66.7 Å². The Morgan fingerprint density at radius 1 is 1.00 bits per heavy atom. The predicted molar refractivity (Wildman–Crippen MR) is 130 cm³/mol. The minimum atomic E-state index is -0.439. The Kier molecular flexibility index (Phi) is 6.62. The van der Waals surface area contributed by atoms with Gasteiger partial charge in [-0.15, -0.1) is 0 Å². The van der Waals surface area contributed by atoms with E-state index in [9.17, 15) is 10.1 Å². The van der Waals surface area contributed by atoms with Crippen LogP contribution in [0.1, 0.15) is 22.3 Å². The van der Waals surface area contributed by atoms with Crippen molar-refractivity contribution in [2.45, 2.75) is 13.5 Å². The smallest absolute Gasteiger partial charge is 0.339 e. The van der Waals surface area contributed by atoms with Crippen LogP contribution in [0.15, 0.2) is 90.0 Å². The molecule has 0 aromatic heterocycles. The van der Waals surface area contributed by atoms with Gasteiger partial charge in [0.1, 0.15) is 12.4 Å². The molecule has 0 bridgehead atoms. The lowest BCUT2D eigenvalue weighted by atomic mass is 10.0. The summed E-state index contributed by atoms with van der Waals surface area (Å²) in [5.41, 5.74) is 6.29. The second kappa shape index (κ2) is 10.1. The lowest BCUT2D eigenvalue weighted by Crippen LogP contribution is -2.24. The molecule has 6 heteroatoms. The zero-order valence-electron chi connectivity index (χ0n) is 18.1. The number of rotatable bonds is 6. The molecule has 4 rings (SSSR count). The molecule has 2 amide bonds. The number of nitriles is 1. The first kappa shape index (κ1) is 21.6. The molecule has 0 saturated carbocycles. The van der Waals surface area contributed by atoms with E-state index >= 15 is 0 Å². The normalized spacial score (nSPS) is 10.7. The molecule has 0 fully saturated rings. The van der Waals surface area contributed by atoms with Crippen LogP contribution >= 0.6 is 0 Å². The third-order valence-corrected chi connectivity index (χ3v) is 5.20. The molecule has 0 radical (unpaired) electrons. The van der Waals surface area contributed by atoms with Crippen molar-refractivity contribution in [2.24, 2.45) is 5.10 Å². The van der Waals surface area contributed by atoms with Gasteiger partial charge >= 0.3 is 6.03 Å². The minimum Gasteiger partial charge on any atom is -0.488 e. The molecule has 4 aromatic rings. The van der Waals surface area contributed by atoms with Gasteiger partial charge in [0, 0.05) is 16.8 Å². The van der Waals surface area contributed by atoms with Gasteiger partial charge in [-0.05, 0) is 41.5 Å². The molecule has 162 valence electrons. The lowest BCUT2D eigenvalue weighted by Gasteiger charge is -2.12. The summed E-state index contributed by atoms with van der Waals surface area (Å²) in [6.07, 6.45) is 1.57. The molecule has 0 aliphatic carbocycles. The zero-order chi connectivity index (χ0) is 23.0. The molecule has 4 aromatic carbocycles. The van der Waals surface area contributed by atoms with Crippen LogP contribution in [0.4, 0.5) is 10.5 Å². The van der Waals surface area contributed by atoms with Gasteiger partial charge in [-0.2, -0.15) is 10.4 Å². The first-order valence-electron chi connectivity index (χ1n) is 10.4. The molecule has 33 heavy (non-hydrogen) atoms. The average molecular weight is 434 g/mol. The van der Waals surface area contributed by atoms with Crippen LogP contribution in [0, 0.1) is 18.3 Å². The van der Waals surface area contributed by atoms with Crippen LogP contribution < -0.4 is 15.5 Å². The van der Waals surface area contributed by atoms with Crippen molar-refractivity contribution < 1.29 is 9.53 Å². The number of aryl methyl sites for hydroxylation is 1. The van der Waals surface area contributed by atoms with E-state index in [4.69, 9.17) is 4.74 Å². The summed E-state index contributed by atoms with van der Waals surface area (Å²) in [5.74, 6) is 0.603. The van der Waals surface area contributed by atoms with Gasteiger partial charge in [-0.25, -0.2) is 10.2 Å². The largest absolute Gasteiger partial charge is 0.488 e. The number of benzene rings is 4. The molecular weight excluding hydrogens is 412 g/mol. The molecule has 6 nitrogen and oxygen atoms in total. The van der Waals surface area contributed by atoms with Crippen molar-refractivity contribution >= 4 is 28.7 Å². The van der Waals surface area contributed by atoms with E-state index in [1.807, 2.05) is 85.8 Å². The SMILES string of the molecule is Cc1ccccc1NC(=O)NN=Cc1c(OCc2ccccc2C#N)ccc2ccccc12. The number of para-hydroxylation sites is 1. The summed E-state index contributed by atoms with van der Waals surface area (Å²) in [4.78, 5) is 12.3. The number of carbonyl (C=O) groups is 1. The van der Waals surface area contributed by atoms with Crippen molar-refractivity contribution in [2.75, 3.05) is 5.32 Å². The fourth-order valence-corrected chi connectivity index (χ4v) is 3.46. The maximum Gasteiger partial charge on any atom is 0.339 e. The summed E-state index contributed by atoms with van der Waals surface area (Å²) in [7, 11) is 0. The Balaban J connectivity index is 1.55. The number of anilines is 1. The maximum absolute atomic E-state index is 12.3. The van der Waals surface area contributed by atoms with Crippen LogP contribution in [0.2, 0.25) is 0 Å². The summed E-state index contributed by atoms with van der Waals surface area (Å²) in [5, 5.41) is 18.2. The van der Waals surface area contributed by atoms with Crippen molar-refractivity contribution in [3.05, 3.63) is 107 Å². The number of nitrogens with one attached hydrogen (secondary N) is 2. The summed E-state index contributed by atoms with van der Waals surface area (Å²) < 4.78 is 6.07. The molecule has 0 heterocycles. The molecule has 2 N–H and O–H groups in total. The van der Waals surface area contributed by atoms with Crippen molar-refractivity contribution in [3.63, 3.8) is 0 Å². The highest BCUT2D eigenvalue weighted by Crippen LogP contribution is 2.27. The van der Waals surface area contributed by atoms with E-state index in [1.54, 1.807) is 12.3 Å². The Labute approximate surface area is 192 Å². The van der Waals surface area contributed by atoms with E-state index in [2.05, 4.69) is 21.9 Å². The number of fused-ring (bicyclic) bond motifs is 1. The van der Waals surface area contributed by atoms with Gasteiger partial charge in [0.15, 0.2) is 0 Å². The summed E-state index contributed by atoms with van der Waals surface area (Å²) >= 11 is 0. The number of nitrogens with zero attached hydrogens (tertiary/aromatic N) is 2. The van der Waals surface area contributed by atoms with Crippen LogP contribution in [0.25, 0.3) is 10.8 Å². The van der Waals surface area contributed by atoms with E-state index < -0.39 is 6.03 Å². The predicted octanol–water partition coefficient (Wildman–Crippen LogP) is 5.75. The van der Waals surface area contributed by atoms with Gasteiger partial charge < -0.3 is 10.1 Å². The van der Waals surface area contributed by atoms with Crippen molar-refractivity contribution in [1.82, 2.24) is 5.43 Å². The van der Waals surface area contributed by atoms with Crippen molar-refractivity contribution in [3.8, 4) is 11.8 Å². The Morgan fingerprint density at radius 3 is 2.61 bits per heavy atom.